The number of nitrogens with zero attached hydrogens (tertiary/aromatic N) is 2. The predicted octanol–water partition coefficient (Wildman–Crippen LogP) is 3.81. The van der Waals surface area contributed by atoms with Crippen LogP contribution in [0.1, 0.15) is 46.8 Å². The highest BCUT2D eigenvalue weighted by Crippen LogP contribution is 2.25. The highest BCUT2D eigenvalue weighted by molar-refractivity contribution is 7.12. The molecule has 0 unspecified atom stereocenters. The Morgan fingerprint density at radius 3 is 2.50 bits per heavy atom. The summed E-state index contributed by atoms with van der Waals surface area (Å²) in [7, 11) is 0. The Morgan fingerprint density at radius 1 is 1.19 bits per heavy atom. The van der Waals surface area contributed by atoms with Crippen molar-refractivity contribution in [1.29, 1.82) is 0 Å². The number of carbonyl (C=O) groups is 3. The first-order valence-electron chi connectivity index (χ1n) is 7.75. The Kier molecular flexibility index (Phi) is 4.37. The van der Waals surface area contributed by atoms with Crippen molar-refractivity contribution in [3.05, 3.63) is 52.1 Å². The first-order valence-corrected chi connectivity index (χ1v) is 8.63. The lowest BCUT2D eigenvalue weighted by Gasteiger charge is -2.20. The van der Waals surface area contributed by atoms with Crippen LogP contribution in [0.2, 0.25) is 0 Å². The van der Waals surface area contributed by atoms with E-state index in [0.717, 1.165) is 11.3 Å². The minimum Gasteiger partial charge on any atom is -0.476 e. The van der Waals surface area contributed by atoms with Crippen molar-refractivity contribution in [2.45, 2.75) is 26.4 Å². The lowest BCUT2D eigenvalue weighted by Crippen LogP contribution is -2.28. The number of fused-ring (bicyclic) bond motifs is 1. The van der Waals surface area contributed by atoms with Gasteiger partial charge in [-0.1, -0.05) is 18.2 Å². The second kappa shape index (κ2) is 6.38. The maximum Gasteiger partial charge on any atom is 0.419 e. The van der Waals surface area contributed by atoms with E-state index in [4.69, 9.17) is 9.84 Å². The van der Waals surface area contributed by atoms with Crippen molar-refractivity contribution in [3.63, 3.8) is 0 Å². The van der Waals surface area contributed by atoms with Gasteiger partial charge in [0.05, 0.1) is 5.52 Å². The molecule has 0 bridgehead atoms. The largest absolute Gasteiger partial charge is 0.476 e. The van der Waals surface area contributed by atoms with Gasteiger partial charge in [0.1, 0.15) is 11.3 Å². The number of carbonyl (C=O) groups excluding carboxylic acids is 2. The topological polar surface area (TPSA) is 98.5 Å². The zero-order valence-corrected chi connectivity index (χ0v) is 15.2. The minimum atomic E-state index is -1.21. The van der Waals surface area contributed by atoms with Gasteiger partial charge in [-0.2, -0.15) is 0 Å². The van der Waals surface area contributed by atoms with Crippen LogP contribution in [0.25, 0.3) is 10.9 Å². The number of rotatable bonds is 3. The summed E-state index contributed by atoms with van der Waals surface area (Å²) in [6, 6.07) is 8.60. The summed E-state index contributed by atoms with van der Waals surface area (Å²) in [4.78, 5) is 40.4. The van der Waals surface area contributed by atoms with Crippen LogP contribution < -0.4 is 0 Å². The van der Waals surface area contributed by atoms with Gasteiger partial charge in [-0.25, -0.2) is 19.1 Å². The first kappa shape index (κ1) is 17.8. The number of carboxylic acids is 1. The van der Waals surface area contributed by atoms with Crippen molar-refractivity contribution < 1.29 is 24.2 Å². The number of thiazole rings is 1. The van der Waals surface area contributed by atoms with E-state index in [9.17, 15) is 14.4 Å². The third-order valence-electron chi connectivity index (χ3n) is 3.44. The van der Waals surface area contributed by atoms with Gasteiger partial charge in [0.2, 0.25) is 5.78 Å². The number of aromatic nitrogens is 2. The summed E-state index contributed by atoms with van der Waals surface area (Å²) < 4.78 is 6.62. The van der Waals surface area contributed by atoms with Gasteiger partial charge < -0.3 is 9.84 Å². The zero-order valence-electron chi connectivity index (χ0n) is 14.3. The first-order chi connectivity index (χ1) is 12.2. The minimum absolute atomic E-state index is 0.00462. The van der Waals surface area contributed by atoms with E-state index in [-0.39, 0.29) is 16.4 Å². The molecule has 2 heterocycles. The monoisotopic (exact) mass is 372 g/mol. The number of hydrogen-bond donors (Lipinski definition) is 1. The third-order valence-corrected chi connectivity index (χ3v) is 4.28. The molecule has 0 saturated heterocycles. The summed E-state index contributed by atoms with van der Waals surface area (Å²) in [6.45, 7) is 5.20. The molecule has 3 rings (SSSR count). The molecule has 26 heavy (non-hydrogen) atoms. The van der Waals surface area contributed by atoms with E-state index in [1.54, 1.807) is 51.1 Å². The maximum absolute atomic E-state index is 12.9. The molecular weight excluding hydrogens is 356 g/mol. The summed E-state index contributed by atoms with van der Waals surface area (Å²) in [5, 5.41) is 11.0. The molecule has 7 nitrogen and oxygen atoms in total. The third kappa shape index (κ3) is 3.36. The predicted molar refractivity (Wildman–Crippen MR) is 96.1 cm³/mol. The molecule has 0 atom stereocenters. The van der Waals surface area contributed by atoms with Gasteiger partial charge in [0.15, 0.2) is 10.7 Å². The van der Waals surface area contributed by atoms with Crippen molar-refractivity contribution in [1.82, 2.24) is 9.55 Å². The molecule has 1 aromatic carbocycles. The van der Waals surface area contributed by atoms with Crippen LogP contribution >= 0.6 is 11.3 Å². The zero-order chi connectivity index (χ0) is 19.1. The Balaban J connectivity index is 2.12. The summed E-state index contributed by atoms with van der Waals surface area (Å²) in [5.74, 6) is -1.75. The molecule has 0 aliphatic heterocycles. The molecular formula is C18H16N2O5S. The Bertz CT molecular complexity index is 1030. The van der Waals surface area contributed by atoms with Crippen molar-refractivity contribution in [2.24, 2.45) is 0 Å². The molecule has 0 saturated carbocycles. The number of carboxylic acid groups (broad SMARTS) is 1. The van der Waals surface area contributed by atoms with Gasteiger partial charge in [-0.3, -0.25) is 4.79 Å². The number of ketones is 1. The van der Waals surface area contributed by atoms with Crippen molar-refractivity contribution in [3.8, 4) is 0 Å². The van der Waals surface area contributed by atoms with E-state index in [1.807, 2.05) is 0 Å². The van der Waals surface area contributed by atoms with Crippen LogP contribution in [0.3, 0.4) is 0 Å². The highest BCUT2D eigenvalue weighted by atomic mass is 32.1. The molecule has 0 fully saturated rings. The molecule has 3 aromatic rings. The maximum atomic E-state index is 12.9. The number of ether oxygens (including phenoxy) is 1. The smallest absolute Gasteiger partial charge is 0.419 e. The van der Waals surface area contributed by atoms with Crippen LogP contribution in [0, 0.1) is 0 Å². The number of benzene rings is 1. The molecule has 8 heteroatoms. The number of hydrogen-bond acceptors (Lipinski definition) is 6. The van der Waals surface area contributed by atoms with E-state index in [1.165, 1.54) is 9.95 Å². The Hall–Kier alpha value is -3.00. The van der Waals surface area contributed by atoms with Gasteiger partial charge in [0.25, 0.3) is 0 Å². The fourth-order valence-corrected chi connectivity index (χ4v) is 3.15. The van der Waals surface area contributed by atoms with Gasteiger partial charge in [-0.05, 0) is 32.9 Å². The normalized spacial score (nSPS) is 11.5. The van der Waals surface area contributed by atoms with Gasteiger partial charge in [-0.15, -0.1) is 11.3 Å². The number of aromatic carboxylic acids is 1. The summed E-state index contributed by atoms with van der Waals surface area (Å²) in [5.41, 5.74) is -0.342. The molecule has 2 aromatic heterocycles. The van der Waals surface area contributed by atoms with E-state index in [2.05, 4.69) is 4.98 Å². The van der Waals surface area contributed by atoms with Crippen LogP contribution in [0.15, 0.2) is 35.7 Å². The lowest BCUT2D eigenvalue weighted by molar-refractivity contribution is 0.0536. The standard InChI is InChI=1S/C18H16N2O5S/c1-18(2,3)25-17(24)20-12-7-5-4-6-10(12)8-13(20)14(21)15-19-11(9-26-15)16(22)23/h4-9H,1-3H3,(H,22,23). The van der Waals surface area contributed by atoms with Crippen molar-refractivity contribution in [2.75, 3.05) is 0 Å². The molecule has 134 valence electrons. The fraction of sp³-hybridized carbons (Fsp3) is 0.222. The molecule has 0 spiro atoms. The Labute approximate surface area is 152 Å². The quantitative estimate of drug-likeness (QED) is 0.702. The van der Waals surface area contributed by atoms with E-state index >= 15 is 0 Å². The highest BCUT2D eigenvalue weighted by Gasteiger charge is 2.27. The Morgan fingerprint density at radius 2 is 1.88 bits per heavy atom. The van der Waals surface area contributed by atoms with Crippen molar-refractivity contribution >= 4 is 40.1 Å². The molecule has 0 aliphatic carbocycles. The number of para-hydroxylation sites is 1. The second-order valence-electron chi connectivity index (χ2n) is 6.58. The van der Waals surface area contributed by atoms with Crippen LogP contribution in [-0.2, 0) is 4.74 Å². The van der Waals surface area contributed by atoms with E-state index < -0.39 is 23.4 Å². The van der Waals surface area contributed by atoms with Crippen LogP contribution in [0.5, 0.6) is 0 Å². The summed E-state index contributed by atoms with van der Waals surface area (Å²) >= 11 is 0.917. The van der Waals surface area contributed by atoms with E-state index in [0.29, 0.717) is 10.9 Å². The molecule has 0 amide bonds. The van der Waals surface area contributed by atoms with Gasteiger partial charge >= 0.3 is 12.1 Å². The molecule has 1 N–H and O–H groups in total. The molecule has 0 radical (unpaired) electrons. The lowest BCUT2D eigenvalue weighted by atomic mass is 10.2. The average molecular weight is 372 g/mol. The summed E-state index contributed by atoms with van der Waals surface area (Å²) in [6.07, 6.45) is -0.683. The molecule has 0 aliphatic rings. The van der Waals surface area contributed by atoms with Gasteiger partial charge in [0, 0.05) is 10.8 Å². The SMILES string of the molecule is CC(C)(C)OC(=O)n1c(C(=O)c2nc(C(=O)O)cs2)cc2ccccc21. The van der Waals surface area contributed by atoms with Crippen LogP contribution in [0.4, 0.5) is 4.79 Å². The van der Waals surface area contributed by atoms with Crippen LogP contribution in [-0.4, -0.2) is 38.1 Å². The fourth-order valence-electron chi connectivity index (χ4n) is 2.41. The average Bonchev–Trinajstić information content (AvgIpc) is 3.17. The second-order valence-corrected chi connectivity index (χ2v) is 7.43.